The van der Waals surface area contributed by atoms with Crippen molar-refractivity contribution in [3.05, 3.63) is 168 Å². The van der Waals surface area contributed by atoms with Crippen LogP contribution < -0.4 is 8.97 Å². The lowest BCUT2D eigenvalue weighted by Gasteiger charge is -2.24. The van der Waals surface area contributed by atoms with Crippen LogP contribution in [0, 0.1) is 13.8 Å². The van der Waals surface area contributed by atoms with Crippen molar-refractivity contribution in [3.63, 3.8) is 0 Å². The average Bonchev–Trinajstić information content (AvgIpc) is 3.82. The number of hydrogen-bond acceptors (Lipinski definition) is 0. The maximum Gasteiger partial charge on any atom is 0.261 e. The van der Waals surface area contributed by atoms with E-state index in [1.165, 1.54) is 105 Å². The fourth-order valence-electron chi connectivity index (χ4n) is 9.91. The van der Waals surface area contributed by atoms with Crippen LogP contribution in [0.25, 0.3) is 76.8 Å². The minimum atomic E-state index is 0.214. The van der Waals surface area contributed by atoms with Gasteiger partial charge < -0.3 is 4.40 Å². The highest BCUT2D eigenvalue weighted by molar-refractivity contribution is 6.26. The molecule has 0 radical (unpaired) electrons. The van der Waals surface area contributed by atoms with Gasteiger partial charge >= 0.3 is 0 Å². The Kier molecular flexibility index (Phi) is 5.01. The number of para-hydroxylation sites is 1. The van der Waals surface area contributed by atoms with Crippen molar-refractivity contribution < 1.29 is 8.97 Å². The monoisotopic (exact) mass is 639 g/mol. The lowest BCUT2D eigenvalue weighted by Crippen LogP contribution is -2.50. The molecule has 1 aliphatic heterocycles. The van der Waals surface area contributed by atoms with Crippen molar-refractivity contribution in [2.75, 3.05) is 0 Å². The van der Waals surface area contributed by atoms with E-state index in [1.807, 2.05) is 0 Å². The fourth-order valence-corrected chi connectivity index (χ4v) is 9.91. The van der Waals surface area contributed by atoms with Gasteiger partial charge in [-0.2, -0.15) is 8.97 Å². The Bertz CT molecular complexity index is 3100. The fraction of sp³-hybridized carbons (Fsp3) is 0.106. The Hall–Kier alpha value is -6.06. The van der Waals surface area contributed by atoms with Crippen molar-refractivity contribution in [3.8, 4) is 22.4 Å². The smallest absolute Gasteiger partial charge is 0.261 e. The summed E-state index contributed by atoms with van der Waals surface area (Å²) in [6.07, 6.45) is 5.78. The van der Waals surface area contributed by atoms with Crippen LogP contribution >= 0.6 is 0 Å². The molecular weight excluding hydrogens is 607 g/mol. The van der Waals surface area contributed by atoms with Gasteiger partial charge in [-0.3, -0.25) is 0 Å². The molecule has 3 heteroatoms. The van der Waals surface area contributed by atoms with Crippen LogP contribution in [0.5, 0.6) is 0 Å². The predicted octanol–water partition coefficient (Wildman–Crippen LogP) is 10.2. The number of fused-ring (bicyclic) bond motifs is 19. The zero-order chi connectivity index (χ0) is 32.8. The average molecular weight is 640 g/mol. The summed E-state index contributed by atoms with van der Waals surface area (Å²) in [5.74, 6) is 0.361. The third-order valence-corrected chi connectivity index (χ3v) is 12.0. The van der Waals surface area contributed by atoms with Gasteiger partial charge in [0.25, 0.3) is 5.69 Å². The minimum absolute atomic E-state index is 0.214. The van der Waals surface area contributed by atoms with Crippen LogP contribution in [0.15, 0.2) is 140 Å². The van der Waals surface area contributed by atoms with E-state index < -0.39 is 0 Å². The summed E-state index contributed by atoms with van der Waals surface area (Å²) in [5, 5.41) is 7.99. The summed E-state index contributed by atoms with van der Waals surface area (Å²) < 4.78 is 7.69. The summed E-state index contributed by atoms with van der Waals surface area (Å²) in [5.41, 5.74) is 17.3. The first-order valence-corrected chi connectivity index (χ1v) is 17.8. The molecule has 0 bridgehead atoms. The zero-order valence-electron chi connectivity index (χ0n) is 28.0. The van der Waals surface area contributed by atoms with Gasteiger partial charge in [0, 0.05) is 61.3 Å². The SMILES string of the molecule is Cc1ccc2[n+](c1)C1c3c(c4cc5c(cc4c4ccc(C)c[n+]34)c3cc(-c4ccccc4)cc4c6ccccc6n5c43)CC1c1ccccc1-2. The first kappa shape index (κ1) is 26.8. The van der Waals surface area contributed by atoms with Crippen LogP contribution in [-0.2, 0) is 6.42 Å². The van der Waals surface area contributed by atoms with Gasteiger partial charge in [0.2, 0.25) is 17.3 Å². The molecule has 0 spiro atoms. The van der Waals surface area contributed by atoms with E-state index in [-0.39, 0.29) is 6.04 Å². The van der Waals surface area contributed by atoms with E-state index in [0.717, 1.165) is 6.42 Å². The topological polar surface area (TPSA) is 12.4 Å². The van der Waals surface area contributed by atoms with Gasteiger partial charge in [-0.05, 0) is 85.5 Å². The molecule has 0 fully saturated rings. The number of hydrogen-bond donors (Lipinski definition) is 0. The van der Waals surface area contributed by atoms with Gasteiger partial charge in [0.1, 0.15) is 0 Å². The predicted molar refractivity (Wildman–Crippen MR) is 203 cm³/mol. The summed E-state index contributed by atoms with van der Waals surface area (Å²) in [4.78, 5) is 0. The molecule has 234 valence electrons. The molecule has 0 N–H and O–H groups in total. The first-order valence-electron chi connectivity index (χ1n) is 17.8. The lowest BCUT2D eigenvalue weighted by molar-refractivity contribution is -0.724. The third kappa shape index (κ3) is 3.30. The largest absolute Gasteiger partial charge is 0.308 e. The van der Waals surface area contributed by atoms with E-state index in [4.69, 9.17) is 0 Å². The van der Waals surface area contributed by atoms with E-state index >= 15 is 0 Å². The number of aromatic nitrogens is 3. The summed E-state index contributed by atoms with van der Waals surface area (Å²) in [6, 6.07) is 48.3. The Morgan fingerprint density at radius 2 is 1.34 bits per heavy atom. The molecule has 12 rings (SSSR count). The maximum absolute atomic E-state index is 2.59. The van der Waals surface area contributed by atoms with Gasteiger partial charge in [-0.15, -0.1) is 0 Å². The van der Waals surface area contributed by atoms with Crippen LogP contribution in [0.2, 0.25) is 0 Å². The van der Waals surface area contributed by atoms with E-state index in [1.54, 1.807) is 0 Å². The molecule has 3 nitrogen and oxygen atoms in total. The maximum atomic E-state index is 2.59. The van der Waals surface area contributed by atoms with Crippen LogP contribution in [0.4, 0.5) is 0 Å². The Morgan fingerprint density at radius 1 is 0.580 bits per heavy atom. The van der Waals surface area contributed by atoms with Crippen molar-refractivity contribution in [1.82, 2.24) is 4.40 Å². The van der Waals surface area contributed by atoms with Crippen molar-refractivity contribution in [2.24, 2.45) is 0 Å². The first-order chi connectivity index (χ1) is 24.6. The Balaban J connectivity index is 1.25. The standard InChI is InChI=1S/C47H33N3/c1-27-16-18-41-32-13-7-6-12-31(32)39-23-40-34-24-44-36(22-35(34)42-19-17-28(2)26-49(42)47(40)46(39)48(41)25-27)38-21-30(29-10-4-3-5-11-29)20-37-33-14-8-9-15-43(33)50(44)45(37)38/h3-22,24-26,39,46H,23H2,1-2H3/q+2. The van der Waals surface area contributed by atoms with Gasteiger partial charge in [-0.1, -0.05) is 66.7 Å². The second kappa shape index (κ2) is 9.34. The van der Waals surface area contributed by atoms with Gasteiger partial charge in [0.15, 0.2) is 12.4 Å². The molecule has 0 saturated heterocycles. The number of aryl methyl sites for hydroxylation is 2. The minimum Gasteiger partial charge on any atom is -0.308 e. The summed E-state index contributed by atoms with van der Waals surface area (Å²) >= 11 is 0. The number of benzene rings is 5. The third-order valence-electron chi connectivity index (χ3n) is 12.0. The van der Waals surface area contributed by atoms with Crippen LogP contribution in [0.1, 0.15) is 39.9 Å². The van der Waals surface area contributed by atoms with E-state index in [9.17, 15) is 0 Å². The normalized spacial score (nSPS) is 16.5. The molecule has 6 heterocycles. The highest BCUT2D eigenvalue weighted by atomic mass is 15.1. The molecule has 5 aromatic carbocycles. The molecule has 10 aromatic rings. The lowest BCUT2D eigenvalue weighted by atomic mass is 9.84. The molecular formula is C47H33N3+2. The highest BCUT2D eigenvalue weighted by Crippen LogP contribution is 2.50. The molecule has 0 amide bonds. The van der Waals surface area contributed by atoms with Gasteiger partial charge in [0.05, 0.1) is 27.9 Å². The second-order valence-corrected chi connectivity index (χ2v) is 14.7. The Labute approximate surface area is 289 Å². The molecule has 0 saturated carbocycles. The number of pyridine rings is 3. The van der Waals surface area contributed by atoms with Crippen LogP contribution in [0.3, 0.4) is 0 Å². The molecule has 50 heavy (non-hydrogen) atoms. The summed E-state index contributed by atoms with van der Waals surface area (Å²) in [7, 11) is 0. The molecule has 2 unspecified atom stereocenters. The summed E-state index contributed by atoms with van der Waals surface area (Å²) in [6.45, 7) is 4.45. The van der Waals surface area contributed by atoms with Crippen LogP contribution in [-0.4, -0.2) is 4.40 Å². The second-order valence-electron chi connectivity index (χ2n) is 14.7. The quantitative estimate of drug-likeness (QED) is 0.125. The van der Waals surface area contributed by atoms with E-state index in [0.29, 0.717) is 5.92 Å². The van der Waals surface area contributed by atoms with Gasteiger partial charge in [-0.25, -0.2) is 0 Å². The highest BCUT2D eigenvalue weighted by Gasteiger charge is 2.52. The Morgan fingerprint density at radius 3 is 2.24 bits per heavy atom. The molecule has 1 aliphatic carbocycles. The van der Waals surface area contributed by atoms with E-state index in [2.05, 4.69) is 167 Å². The number of rotatable bonds is 1. The molecule has 2 aliphatic rings. The van der Waals surface area contributed by atoms with Crippen molar-refractivity contribution in [2.45, 2.75) is 32.2 Å². The number of nitrogens with zero attached hydrogens (tertiary/aromatic N) is 3. The van der Waals surface area contributed by atoms with Crippen molar-refractivity contribution in [1.29, 1.82) is 0 Å². The zero-order valence-corrected chi connectivity index (χ0v) is 28.0. The molecule has 5 aromatic heterocycles. The molecule has 2 atom stereocenters. The van der Waals surface area contributed by atoms with Crippen molar-refractivity contribution >= 4 is 54.4 Å².